The van der Waals surface area contributed by atoms with Crippen molar-refractivity contribution in [1.29, 1.82) is 0 Å². The van der Waals surface area contributed by atoms with Crippen molar-refractivity contribution in [3.63, 3.8) is 0 Å². The first-order chi connectivity index (χ1) is 27.7. The van der Waals surface area contributed by atoms with Gasteiger partial charge in [-0.3, -0.25) is 0 Å². The molecule has 1 aromatic heterocycles. The Hall–Kier alpha value is -7.42. The highest BCUT2D eigenvalue weighted by Crippen LogP contribution is 2.43. The Kier molecular flexibility index (Phi) is 7.53. The summed E-state index contributed by atoms with van der Waals surface area (Å²) in [6.45, 7) is 0. The molecule has 2 nitrogen and oxygen atoms in total. The van der Waals surface area contributed by atoms with Gasteiger partial charge in [-0.25, -0.2) is 0 Å². The van der Waals surface area contributed by atoms with Crippen LogP contribution in [-0.4, -0.2) is 4.57 Å². The smallest absolute Gasteiger partial charge is 0.0542 e. The fraction of sp³-hybridized carbons (Fsp3) is 0. The predicted octanol–water partition coefficient (Wildman–Crippen LogP) is 15.0. The van der Waals surface area contributed by atoms with E-state index in [4.69, 9.17) is 0 Å². The summed E-state index contributed by atoms with van der Waals surface area (Å²) in [5.74, 6) is 0. The normalized spacial score (nSPS) is 11.6. The van der Waals surface area contributed by atoms with E-state index in [-0.39, 0.29) is 0 Å². The first-order valence-electron chi connectivity index (χ1n) is 19.3. The van der Waals surface area contributed by atoms with Gasteiger partial charge in [0.2, 0.25) is 0 Å². The SMILES string of the molecule is c1ccc(-c2ccc3cc(-c4ccc5cc(N(c6ccc7c(c6)c6ccccc6n7-c6ccccc6)c6cccc7ccccc67)ccc5c4)ccc3c2)cc1. The van der Waals surface area contributed by atoms with Gasteiger partial charge >= 0.3 is 0 Å². The van der Waals surface area contributed by atoms with Crippen LogP contribution in [0.25, 0.3) is 82.1 Å². The van der Waals surface area contributed by atoms with Gasteiger partial charge in [-0.2, -0.15) is 0 Å². The first-order valence-corrected chi connectivity index (χ1v) is 19.3. The Morgan fingerprint density at radius 2 is 0.804 bits per heavy atom. The van der Waals surface area contributed by atoms with Gasteiger partial charge < -0.3 is 9.47 Å². The van der Waals surface area contributed by atoms with Crippen LogP contribution in [0.5, 0.6) is 0 Å². The number of rotatable bonds is 6. The average Bonchev–Trinajstić information content (AvgIpc) is 3.60. The standard InChI is InChI=1S/C54H36N2/c1-3-12-37(13-4-1)39-22-23-41-33-42(25-24-40(41)32-39)43-26-27-45-35-47(29-28-44(45)34-43)55(52-21-11-15-38-14-7-8-18-49(38)52)48-30-31-54-51(36-48)50-19-9-10-20-53(50)56(54)46-16-5-2-6-17-46/h1-36H. The number of nitrogens with zero attached hydrogens (tertiary/aromatic N) is 2. The molecule has 0 spiro atoms. The monoisotopic (exact) mass is 712 g/mol. The zero-order chi connectivity index (χ0) is 37.0. The van der Waals surface area contributed by atoms with Crippen LogP contribution in [0.4, 0.5) is 17.1 Å². The van der Waals surface area contributed by atoms with E-state index >= 15 is 0 Å². The van der Waals surface area contributed by atoms with Gasteiger partial charge in [0.25, 0.3) is 0 Å². The maximum Gasteiger partial charge on any atom is 0.0542 e. The molecule has 0 bridgehead atoms. The molecule has 1 heterocycles. The van der Waals surface area contributed by atoms with Crippen molar-refractivity contribution in [2.45, 2.75) is 0 Å². The van der Waals surface area contributed by atoms with E-state index in [0.717, 1.165) is 22.7 Å². The Bertz CT molecular complexity index is 3240. The highest BCUT2D eigenvalue weighted by molar-refractivity contribution is 6.11. The lowest BCUT2D eigenvalue weighted by atomic mass is 9.96. The largest absolute Gasteiger partial charge is 0.310 e. The minimum Gasteiger partial charge on any atom is -0.310 e. The van der Waals surface area contributed by atoms with Gasteiger partial charge in [0, 0.05) is 33.2 Å². The molecule has 10 aromatic carbocycles. The lowest BCUT2D eigenvalue weighted by molar-refractivity contribution is 1.18. The molecule has 0 unspecified atom stereocenters. The van der Waals surface area contributed by atoms with E-state index in [2.05, 4.69) is 228 Å². The molecule has 0 radical (unpaired) electrons. The molecule has 0 saturated carbocycles. The zero-order valence-corrected chi connectivity index (χ0v) is 30.7. The maximum absolute atomic E-state index is 2.43. The molecular weight excluding hydrogens is 677 g/mol. The van der Waals surface area contributed by atoms with Crippen LogP contribution in [0.1, 0.15) is 0 Å². The van der Waals surface area contributed by atoms with E-state index in [9.17, 15) is 0 Å². The second kappa shape index (κ2) is 13.2. The number of aromatic nitrogens is 1. The van der Waals surface area contributed by atoms with Gasteiger partial charge in [-0.05, 0) is 122 Å². The van der Waals surface area contributed by atoms with Crippen molar-refractivity contribution >= 4 is 71.2 Å². The molecule has 0 amide bonds. The minimum atomic E-state index is 1.12. The Labute approximate surface area is 325 Å². The Morgan fingerprint density at radius 1 is 0.286 bits per heavy atom. The zero-order valence-electron chi connectivity index (χ0n) is 30.7. The van der Waals surface area contributed by atoms with Crippen molar-refractivity contribution < 1.29 is 0 Å². The number of hydrogen-bond acceptors (Lipinski definition) is 1. The van der Waals surface area contributed by atoms with Crippen LogP contribution in [0.3, 0.4) is 0 Å². The van der Waals surface area contributed by atoms with Crippen molar-refractivity contribution in [3.05, 3.63) is 218 Å². The van der Waals surface area contributed by atoms with E-state index in [1.54, 1.807) is 0 Å². The number of para-hydroxylation sites is 2. The van der Waals surface area contributed by atoms with Gasteiger partial charge in [-0.1, -0.05) is 146 Å². The second-order valence-electron chi connectivity index (χ2n) is 14.6. The third-order valence-corrected chi connectivity index (χ3v) is 11.3. The molecule has 2 heteroatoms. The number of benzene rings is 10. The van der Waals surface area contributed by atoms with E-state index < -0.39 is 0 Å². The predicted molar refractivity (Wildman–Crippen MR) is 239 cm³/mol. The van der Waals surface area contributed by atoms with Crippen LogP contribution in [0, 0.1) is 0 Å². The molecule has 262 valence electrons. The summed E-state index contributed by atoms with van der Waals surface area (Å²) in [6.07, 6.45) is 0. The van der Waals surface area contributed by atoms with Crippen LogP contribution in [0.2, 0.25) is 0 Å². The fourth-order valence-electron chi connectivity index (χ4n) is 8.57. The quantitative estimate of drug-likeness (QED) is 0.167. The fourth-order valence-corrected chi connectivity index (χ4v) is 8.57. The minimum absolute atomic E-state index is 1.12. The van der Waals surface area contributed by atoms with Crippen LogP contribution >= 0.6 is 0 Å². The first kappa shape index (κ1) is 32.0. The summed E-state index contributed by atoms with van der Waals surface area (Å²) < 4.78 is 2.38. The topological polar surface area (TPSA) is 8.17 Å². The molecule has 0 fully saturated rings. The number of anilines is 3. The van der Waals surface area contributed by atoms with Crippen LogP contribution in [0.15, 0.2) is 218 Å². The number of fused-ring (bicyclic) bond motifs is 6. The van der Waals surface area contributed by atoms with Gasteiger partial charge in [0.1, 0.15) is 0 Å². The second-order valence-corrected chi connectivity index (χ2v) is 14.6. The summed E-state index contributed by atoms with van der Waals surface area (Å²) in [5.41, 5.74) is 11.8. The van der Waals surface area contributed by atoms with Gasteiger partial charge in [-0.15, -0.1) is 0 Å². The van der Waals surface area contributed by atoms with Crippen LogP contribution in [-0.2, 0) is 0 Å². The third-order valence-electron chi connectivity index (χ3n) is 11.3. The van der Waals surface area contributed by atoms with E-state index in [1.807, 2.05) is 0 Å². The van der Waals surface area contributed by atoms with Crippen molar-refractivity contribution in [2.24, 2.45) is 0 Å². The number of hydrogen-bond donors (Lipinski definition) is 0. The third kappa shape index (κ3) is 5.42. The molecular formula is C54H36N2. The Balaban J connectivity index is 1.03. The summed E-state index contributed by atoms with van der Waals surface area (Å²) >= 11 is 0. The van der Waals surface area contributed by atoms with Crippen LogP contribution < -0.4 is 4.90 Å². The molecule has 0 aliphatic rings. The van der Waals surface area contributed by atoms with E-state index in [1.165, 1.54) is 76.4 Å². The molecule has 0 atom stereocenters. The summed E-state index contributed by atoms with van der Waals surface area (Å²) in [6, 6.07) is 79.6. The lowest BCUT2D eigenvalue weighted by Gasteiger charge is -2.27. The van der Waals surface area contributed by atoms with Crippen molar-refractivity contribution in [1.82, 2.24) is 4.57 Å². The van der Waals surface area contributed by atoms with Gasteiger partial charge in [0.15, 0.2) is 0 Å². The maximum atomic E-state index is 2.43. The van der Waals surface area contributed by atoms with Crippen molar-refractivity contribution in [2.75, 3.05) is 4.90 Å². The molecule has 0 saturated heterocycles. The molecule has 11 rings (SSSR count). The average molecular weight is 713 g/mol. The van der Waals surface area contributed by atoms with Gasteiger partial charge in [0.05, 0.1) is 16.7 Å². The highest BCUT2D eigenvalue weighted by Gasteiger charge is 2.19. The molecule has 11 aromatic rings. The summed E-state index contributed by atoms with van der Waals surface area (Å²) in [5, 5.41) is 9.80. The summed E-state index contributed by atoms with van der Waals surface area (Å²) in [7, 11) is 0. The Morgan fingerprint density at radius 3 is 1.54 bits per heavy atom. The lowest BCUT2D eigenvalue weighted by Crippen LogP contribution is -2.10. The van der Waals surface area contributed by atoms with Crippen molar-refractivity contribution in [3.8, 4) is 27.9 Å². The molecule has 0 N–H and O–H groups in total. The summed E-state index contributed by atoms with van der Waals surface area (Å²) in [4.78, 5) is 2.43. The molecule has 0 aliphatic heterocycles. The molecule has 56 heavy (non-hydrogen) atoms. The molecule has 0 aliphatic carbocycles. The highest BCUT2D eigenvalue weighted by atomic mass is 15.1. The van der Waals surface area contributed by atoms with E-state index in [0.29, 0.717) is 0 Å².